The smallest absolute Gasteiger partial charge is 0.136 e. The second-order valence-electron chi connectivity index (χ2n) is 14.1. The molecule has 0 radical (unpaired) electrons. The van der Waals surface area contributed by atoms with Crippen LogP contribution in [0.1, 0.15) is 0 Å². The van der Waals surface area contributed by atoms with E-state index in [2.05, 4.69) is 210 Å². The molecule has 258 valence electrons. The maximum Gasteiger partial charge on any atom is 0.136 e. The van der Waals surface area contributed by atoms with Crippen LogP contribution in [0.2, 0.25) is 0 Å². The summed E-state index contributed by atoms with van der Waals surface area (Å²) in [6, 6.07) is 74.0. The van der Waals surface area contributed by atoms with Crippen LogP contribution < -0.4 is 4.90 Å². The number of anilines is 3. The lowest BCUT2D eigenvalue weighted by molar-refractivity contribution is 0.669. The first kappa shape index (κ1) is 31.2. The molecule has 0 fully saturated rings. The van der Waals surface area contributed by atoms with Crippen molar-refractivity contribution in [3.63, 3.8) is 0 Å². The van der Waals surface area contributed by atoms with Crippen molar-refractivity contribution in [1.29, 1.82) is 0 Å². The summed E-state index contributed by atoms with van der Waals surface area (Å²) in [5.41, 5.74) is 13.1. The average molecular weight is 703 g/mol. The Labute approximate surface area is 318 Å². The van der Waals surface area contributed by atoms with Crippen LogP contribution in [-0.4, -0.2) is 4.57 Å². The van der Waals surface area contributed by atoms with E-state index in [1.54, 1.807) is 0 Å². The minimum atomic E-state index is 0.880. The van der Waals surface area contributed by atoms with E-state index in [-0.39, 0.29) is 0 Å². The summed E-state index contributed by atoms with van der Waals surface area (Å²) in [6.45, 7) is 0. The van der Waals surface area contributed by atoms with E-state index in [9.17, 15) is 0 Å². The molecule has 0 atom stereocenters. The fourth-order valence-electron chi connectivity index (χ4n) is 8.60. The highest BCUT2D eigenvalue weighted by atomic mass is 16.3. The highest BCUT2D eigenvalue weighted by molar-refractivity contribution is 6.14. The van der Waals surface area contributed by atoms with E-state index in [0.717, 1.165) is 55.8 Å². The molecule has 11 aromatic rings. The van der Waals surface area contributed by atoms with Gasteiger partial charge in [-0.1, -0.05) is 152 Å². The Morgan fingerprint density at radius 1 is 0.364 bits per heavy atom. The minimum absolute atomic E-state index is 0.880. The van der Waals surface area contributed by atoms with Crippen LogP contribution in [0, 0.1) is 0 Å². The normalized spacial score (nSPS) is 11.6. The zero-order valence-electron chi connectivity index (χ0n) is 29.9. The number of aromatic nitrogens is 1. The van der Waals surface area contributed by atoms with Gasteiger partial charge in [-0.05, 0) is 82.1 Å². The van der Waals surface area contributed by atoms with Gasteiger partial charge in [0.15, 0.2) is 0 Å². The molecule has 11 rings (SSSR count). The largest absolute Gasteiger partial charge is 0.456 e. The topological polar surface area (TPSA) is 21.3 Å². The first-order valence-electron chi connectivity index (χ1n) is 18.8. The third-order valence-corrected chi connectivity index (χ3v) is 11.0. The monoisotopic (exact) mass is 702 g/mol. The van der Waals surface area contributed by atoms with E-state index in [0.29, 0.717) is 0 Å². The van der Waals surface area contributed by atoms with Crippen LogP contribution in [0.3, 0.4) is 0 Å². The highest BCUT2D eigenvalue weighted by Crippen LogP contribution is 2.47. The SMILES string of the molecule is c1ccc(N(c2ccc(-c3cccc4ccccc34)cc2)c2ccccc2-n2c3ccccc3c3ccccc32)c(-c2cccc3oc4ccccc4c23)c1. The molecule has 2 aromatic heterocycles. The number of para-hydroxylation sites is 6. The zero-order valence-corrected chi connectivity index (χ0v) is 29.9. The predicted octanol–water partition coefficient (Wildman–Crippen LogP) is 14.6. The van der Waals surface area contributed by atoms with E-state index in [1.807, 2.05) is 6.07 Å². The van der Waals surface area contributed by atoms with Crippen molar-refractivity contribution in [3.8, 4) is 27.9 Å². The molecule has 0 aliphatic rings. The van der Waals surface area contributed by atoms with Crippen molar-refractivity contribution in [2.45, 2.75) is 0 Å². The summed E-state index contributed by atoms with van der Waals surface area (Å²) < 4.78 is 8.82. The lowest BCUT2D eigenvalue weighted by atomic mass is 9.96. The molecule has 2 heterocycles. The molecule has 3 heteroatoms. The molecule has 0 amide bonds. The molecular formula is C52H34N2O. The van der Waals surface area contributed by atoms with Gasteiger partial charge in [0.1, 0.15) is 11.2 Å². The highest BCUT2D eigenvalue weighted by Gasteiger charge is 2.24. The van der Waals surface area contributed by atoms with Crippen molar-refractivity contribution >= 4 is 71.6 Å². The molecule has 0 spiro atoms. The van der Waals surface area contributed by atoms with Crippen LogP contribution in [0.15, 0.2) is 211 Å². The first-order valence-corrected chi connectivity index (χ1v) is 18.8. The summed E-state index contributed by atoms with van der Waals surface area (Å²) in [5, 5.41) is 7.18. The first-order chi connectivity index (χ1) is 27.3. The predicted molar refractivity (Wildman–Crippen MR) is 231 cm³/mol. The van der Waals surface area contributed by atoms with E-state index < -0.39 is 0 Å². The Balaban J connectivity index is 1.18. The molecule has 0 aliphatic heterocycles. The Kier molecular flexibility index (Phi) is 7.17. The van der Waals surface area contributed by atoms with Gasteiger partial charge in [0.2, 0.25) is 0 Å². The number of nitrogens with zero attached hydrogens (tertiary/aromatic N) is 2. The minimum Gasteiger partial charge on any atom is -0.456 e. The zero-order chi connectivity index (χ0) is 36.3. The summed E-state index contributed by atoms with van der Waals surface area (Å²) in [5.74, 6) is 0. The van der Waals surface area contributed by atoms with Gasteiger partial charge >= 0.3 is 0 Å². The van der Waals surface area contributed by atoms with Crippen molar-refractivity contribution < 1.29 is 4.42 Å². The number of benzene rings is 9. The van der Waals surface area contributed by atoms with Crippen LogP contribution in [0.25, 0.3) is 82.5 Å². The molecule has 0 N–H and O–H groups in total. The Morgan fingerprint density at radius 2 is 0.909 bits per heavy atom. The van der Waals surface area contributed by atoms with Crippen molar-refractivity contribution in [1.82, 2.24) is 4.57 Å². The lowest BCUT2D eigenvalue weighted by Crippen LogP contribution is -2.14. The standard InChI is InChI=1S/C52H34N2O/c1-2-17-38-35(15-1)16-13-22-39(38)36-31-33-37(34-32-36)53(45-24-7-5-20-42(45)43-23-14-30-51-52(43)44-21-6-12-29-50(44)55-51)48-27-10-11-28-49(48)54-46-25-8-3-18-40(46)41-19-4-9-26-47(41)54/h1-34H. The molecule has 0 saturated carbocycles. The summed E-state index contributed by atoms with van der Waals surface area (Å²) in [7, 11) is 0. The van der Waals surface area contributed by atoms with Gasteiger partial charge in [0, 0.05) is 32.8 Å². The third-order valence-electron chi connectivity index (χ3n) is 11.0. The maximum atomic E-state index is 6.40. The molecule has 0 bridgehead atoms. The van der Waals surface area contributed by atoms with Crippen LogP contribution in [0.5, 0.6) is 0 Å². The van der Waals surface area contributed by atoms with Crippen LogP contribution >= 0.6 is 0 Å². The second-order valence-corrected chi connectivity index (χ2v) is 14.1. The number of hydrogen-bond acceptors (Lipinski definition) is 2. The van der Waals surface area contributed by atoms with Gasteiger partial charge in [-0.25, -0.2) is 0 Å². The van der Waals surface area contributed by atoms with Crippen molar-refractivity contribution in [2.75, 3.05) is 4.90 Å². The lowest BCUT2D eigenvalue weighted by Gasteiger charge is -2.30. The van der Waals surface area contributed by atoms with E-state index >= 15 is 0 Å². The molecular weight excluding hydrogens is 669 g/mol. The third kappa shape index (κ3) is 4.98. The number of furan rings is 1. The number of hydrogen-bond donors (Lipinski definition) is 0. The van der Waals surface area contributed by atoms with Crippen LogP contribution in [-0.2, 0) is 0 Å². The fraction of sp³-hybridized carbons (Fsp3) is 0. The van der Waals surface area contributed by atoms with Gasteiger partial charge in [0.05, 0.1) is 28.1 Å². The van der Waals surface area contributed by atoms with Gasteiger partial charge in [-0.15, -0.1) is 0 Å². The maximum absolute atomic E-state index is 6.40. The molecule has 0 aliphatic carbocycles. The molecule has 9 aromatic carbocycles. The van der Waals surface area contributed by atoms with Gasteiger partial charge in [0.25, 0.3) is 0 Å². The summed E-state index contributed by atoms with van der Waals surface area (Å²) in [4.78, 5) is 2.43. The van der Waals surface area contributed by atoms with E-state index in [1.165, 1.54) is 43.7 Å². The second kappa shape index (κ2) is 12.6. The number of fused-ring (bicyclic) bond motifs is 7. The van der Waals surface area contributed by atoms with Crippen LogP contribution in [0.4, 0.5) is 17.1 Å². The Bertz CT molecular complexity index is 3160. The molecule has 55 heavy (non-hydrogen) atoms. The Morgan fingerprint density at radius 3 is 1.71 bits per heavy atom. The summed E-state index contributed by atoms with van der Waals surface area (Å²) >= 11 is 0. The van der Waals surface area contributed by atoms with E-state index in [4.69, 9.17) is 4.42 Å². The van der Waals surface area contributed by atoms with Crippen molar-refractivity contribution in [2.24, 2.45) is 0 Å². The molecule has 0 saturated heterocycles. The average Bonchev–Trinajstić information content (AvgIpc) is 3.80. The van der Waals surface area contributed by atoms with Gasteiger partial charge < -0.3 is 13.9 Å². The number of rotatable bonds is 6. The fourth-order valence-corrected chi connectivity index (χ4v) is 8.60. The quantitative estimate of drug-likeness (QED) is 0.172. The molecule has 0 unspecified atom stereocenters. The van der Waals surface area contributed by atoms with Crippen molar-refractivity contribution in [3.05, 3.63) is 206 Å². The van der Waals surface area contributed by atoms with Gasteiger partial charge in [-0.3, -0.25) is 0 Å². The van der Waals surface area contributed by atoms with Gasteiger partial charge in [-0.2, -0.15) is 0 Å². The Hall–Kier alpha value is -7.36. The summed E-state index contributed by atoms with van der Waals surface area (Å²) in [6.07, 6.45) is 0. The molecule has 3 nitrogen and oxygen atoms in total.